The molecule has 2 fully saturated rings. The summed E-state index contributed by atoms with van der Waals surface area (Å²) in [6.45, 7) is 7.73. The third-order valence-corrected chi connectivity index (χ3v) is 6.71. The predicted molar refractivity (Wildman–Crippen MR) is 107 cm³/mol. The van der Waals surface area contributed by atoms with Crippen LogP contribution in [-0.4, -0.2) is 54.0 Å². The van der Waals surface area contributed by atoms with E-state index < -0.39 is 0 Å². The number of ether oxygens (including phenoxy) is 1. The van der Waals surface area contributed by atoms with E-state index in [1.54, 1.807) is 18.4 Å². The van der Waals surface area contributed by atoms with Crippen molar-refractivity contribution in [3.05, 3.63) is 59.1 Å². The van der Waals surface area contributed by atoms with Gasteiger partial charge in [-0.25, -0.2) is 4.98 Å². The van der Waals surface area contributed by atoms with Crippen molar-refractivity contribution >= 4 is 17.2 Å². The molecule has 1 aromatic heterocycles. The summed E-state index contributed by atoms with van der Waals surface area (Å²) in [6.07, 6.45) is 4.56. The molecule has 0 aliphatic carbocycles. The first kappa shape index (κ1) is 18.2. The van der Waals surface area contributed by atoms with Gasteiger partial charge in [-0.15, -0.1) is 17.9 Å². The van der Waals surface area contributed by atoms with Gasteiger partial charge in [0.15, 0.2) is 0 Å². The van der Waals surface area contributed by atoms with Gasteiger partial charge in [0.1, 0.15) is 5.75 Å². The standard InChI is InChI=1S/C21H25N3O2S/c1-3-10-24-11-8-21(20(24)25)15-23(14-18(21)19-22-9-12-27-19)13-16-4-6-17(26-2)7-5-16/h3-7,9,12,18H,1,8,10-11,13-15H2,2H3/t18-,21+/m0/s1. The van der Waals surface area contributed by atoms with Crippen LogP contribution in [0.2, 0.25) is 0 Å². The van der Waals surface area contributed by atoms with E-state index in [-0.39, 0.29) is 17.2 Å². The SMILES string of the molecule is C=CCN1CC[C@]2(CN(Cc3ccc(OC)cc3)C[C@H]2c2nccs2)C1=O. The van der Waals surface area contributed by atoms with Crippen LogP contribution in [0.15, 0.2) is 48.5 Å². The van der Waals surface area contributed by atoms with Crippen molar-refractivity contribution < 1.29 is 9.53 Å². The van der Waals surface area contributed by atoms with E-state index in [0.717, 1.165) is 43.4 Å². The molecule has 2 aliphatic rings. The summed E-state index contributed by atoms with van der Waals surface area (Å²) < 4.78 is 5.25. The highest BCUT2D eigenvalue weighted by molar-refractivity contribution is 7.09. The van der Waals surface area contributed by atoms with Crippen LogP contribution in [0.1, 0.15) is 22.9 Å². The topological polar surface area (TPSA) is 45.7 Å². The smallest absolute Gasteiger partial charge is 0.231 e. The van der Waals surface area contributed by atoms with Gasteiger partial charge in [-0.3, -0.25) is 9.69 Å². The summed E-state index contributed by atoms with van der Waals surface area (Å²) in [6, 6.07) is 8.18. The second kappa shape index (κ2) is 7.44. The monoisotopic (exact) mass is 383 g/mol. The second-order valence-electron chi connectivity index (χ2n) is 7.39. The highest BCUT2D eigenvalue weighted by Gasteiger charge is 2.57. The Morgan fingerprint density at radius 1 is 1.41 bits per heavy atom. The van der Waals surface area contributed by atoms with Crippen molar-refractivity contribution in [2.75, 3.05) is 33.3 Å². The van der Waals surface area contributed by atoms with Crippen LogP contribution in [-0.2, 0) is 11.3 Å². The maximum atomic E-state index is 13.3. The van der Waals surface area contributed by atoms with Gasteiger partial charge < -0.3 is 9.64 Å². The third-order valence-electron chi connectivity index (χ3n) is 5.82. The minimum atomic E-state index is -0.354. The molecule has 4 rings (SSSR count). The van der Waals surface area contributed by atoms with Crippen molar-refractivity contribution in [1.29, 1.82) is 0 Å². The zero-order chi connectivity index (χ0) is 18.9. The second-order valence-corrected chi connectivity index (χ2v) is 8.31. The molecule has 2 saturated heterocycles. The predicted octanol–water partition coefficient (Wildman–Crippen LogP) is 3.16. The van der Waals surface area contributed by atoms with Gasteiger partial charge in [-0.05, 0) is 24.1 Å². The lowest BCUT2D eigenvalue weighted by molar-refractivity contribution is -0.135. The van der Waals surface area contributed by atoms with Crippen molar-refractivity contribution in [1.82, 2.24) is 14.8 Å². The number of carbonyl (C=O) groups excluding carboxylic acids is 1. The molecular weight excluding hydrogens is 358 g/mol. The van der Waals surface area contributed by atoms with Crippen LogP contribution >= 0.6 is 11.3 Å². The highest BCUT2D eigenvalue weighted by atomic mass is 32.1. The lowest BCUT2D eigenvalue weighted by Crippen LogP contribution is -2.39. The van der Waals surface area contributed by atoms with Crippen molar-refractivity contribution in [3.63, 3.8) is 0 Å². The summed E-state index contributed by atoms with van der Waals surface area (Å²) in [4.78, 5) is 22.2. The van der Waals surface area contributed by atoms with Gasteiger partial charge in [0.2, 0.25) is 5.91 Å². The van der Waals surface area contributed by atoms with Gasteiger partial charge in [-0.1, -0.05) is 18.2 Å². The van der Waals surface area contributed by atoms with Crippen LogP contribution in [0.5, 0.6) is 5.75 Å². The molecule has 0 N–H and O–H groups in total. The third kappa shape index (κ3) is 3.28. The molecule has 5 nitrogen and oxygen atoms in total. The molecule has 0 bridgehead atoms. The number of methoxy groups -OCH3 is 1. The minimum Gasteiger partial charge on any atom is -0.497 e. The van der Waals surface area contributed by atoms with Gasteiger partial charge in [0.05, 0.1) is 17.5 Å². The number of thiazole rings is 1. The quantitative estimate of drug-likeness (QED) is 0.719. The maximum absolute atomic E-state index is 13.3. The van der Waals surface area contributed by atoms with Crippen LogP contribution in [0.3, 0.4) is 0 Å². The number of rotatable bonds is 6. The summed E-state index contributed by atoms with van der Waals surface area (Å²) in [7, 11) is 1.68. The van der Waals surface area contributed by atoms with E-state index in [1.165, 1.54) is 5.56 Å². The number of amides is 1. The Morgan fingerprint density at radius 3 is 2.89 bits per heavy atom. The van der Waals surface area contributed by atoms with Crippen molar-refractivity contribution in [2.45, 2.75) is 18.9 Å². The zero-order valence-corrected chi connectivity index (χ0v) is 16.5. The number of benzene rings is 1. The fourth-order valence-corrected chi connectivity index (χ4v) is 5.34. The van der Waals surface area contributed by atoms with Gasteiger partial charge in [-0.2, -0.15) is 0 Å². The van der Waals surface area contributed by atoms with E-state index in [2.05, 4.69) is 28.6 Å². The molecule has 3 heterocycles. The molecule has 6 heteroatoms. The number of nitrogens with zero attached hydrogens (tertiary/aromatic N) is 3. The highest BCUT2D eigenvalue weighted by Crippen LogP contribution is 2.50. The zero-order valence-electron chi connectivity index (χ0n) is 15.6. The van der Waals surface area contributed by atoms with Crippen molar-refractivity contribution in [2.24, 2.45) is 5.41 Å². The average Bonchev–Trinajstić information content (AvgIpc) is 3.39. The Morgan fingerprint density at radius 2 is 2.22 bits per heavy atom. The Labute approximate surface area is 164 Å². The molecule has 0 radical (unpaired) electrons. The molecule has 27 heavy (non-hydrogen) atoms. The summed E-state index contributed by atoms with van der Waals surface area (Å²) in [5, 5.41) is 3.09. The minimum absolute atomic E-state index is 0.165. The molecule has 2 atom stereocenters. The van der Waals surface area contributed by atoms with E-state index in [1.807, 2.05) is 34.7 Å². The Kier molecular flexibility index (Phi) is 5.02. The average molecular weight is 384 g/mol. The fraction of sp³-hybridized carbons (Fsp3) is 0.429. The lowest BCUT2D eigenvalue weighted by Gasteiger charge is -2.27. The summed E-state index contributed by atoms with van der Waals surface area (Å²) >= 11 is 1.67. The number of aromatic nitrogens is 1. The summed E-state index contributed by atoms with van der Waals surface area (Å²) in [5.41, 5.74) is 0.881. The molecule has 2 aromatic rings. The van der Waals surface area contributed by atoms with Gasteiger partial charge >= 0.3 is 0 Å². The molecule has 1 aromatic carbocycles. The molecule has 1 spiro atoms. The molecule has 0 saturated carbocycles. The lowest BCUT2D eigenvalue weighted by atomic mass is 9.77. The van der Waals surface area contributed by atoms with E-state index in [4.69, 9.17) is 4.74 Å². The molecule has 2 aliphatic heterocycles. The molecule has 142 valence electrons. The van der Waals surface area contributed by atoms with Gasteiger partial charge in [0.25, 0.3) is 0 Å². The number of hydrogen-bond donors (Lipinski definition) is 0. The van der Waals surface area contributed by atoms with E-state index in [0.29, 0.717) is 6.54 Å². The normalized spacial score (nSPS) is 25.4. The first-order chi connectivity index (χ1) is 13.2. The number of likely N-dealkylation sites (tertiary alicyclic amines) is 2. The number of carbonyl (C=O) groups is 1. The van der Waals surface area contributed by atoms with E-state index in [9.17, 15) is 4.79 Å². The maximum Gasteiger partial charge on any atom is 0.231 e. The van der Waals surface area contributed by atoms with E-state index >= 15 is 0 Å². The molecule has 0 unspecified atom stereocenters. The molecule has 1 amide bonds. The van der Waals surface area contributed by atoms with Crippen LogP contribution in [0, 0.1) is 5.41 Å². The van der Waals surface area contributed by atoms with Crippen LogP contribution in [0.25, 0.3) is 0 Å². The van der Waals surface area contributed by atoms with Crippen molar-refractivity contribution in [3.8, 4) is 5.75 Å². The Bertz CT molecular complexity index is 805. The summed E-state index contributed by atoms with van der Waals surface area (Å²) in [5.74, 6) is 1.29. The largest absolute Gasteiger partial charge is 0.497 e. The fourth-order valence-electron chi connectivity index (χ4n) is 4.50. The van der Waals surface area contributed by atoms with Crippen LogP contribution in [0.4, 0.5) is 0 Å². The first-order valence-electron chi connectivity index (χ1n) is 9.31. The molecular formula is C21H25N3O2S. The number of hydrogen-bond acceptors (Lipinski definition) is 5. The van der Waals surface area contributed by atoms with Crippen LogP contribution < -0.4 is 4.74 Å². The first-order valence-corrected chi connectivity index (χ1v) is 10.2. The van der Waals surface area contributed by atoms with Gasteiger partial charge in [0, 0.05) is 50.2 Å². The Balaban J connectivity index is 1.58. The Hall–Kier alpha value is -2.18.